The summed E-state index contributed by atoms with van der Waals surface area (Å²) in [5, 5.41) is 4.28. The summed E-state index contributed by atoms with van der Waals surface area (Å²) in [7, 11) is 1.76. The van der Waals surface area contributed by atoms with Crippen LogP contribution in [0.4, 0.5) is 8.78 Å². The van der Waals surface area contributed by atoms with E-state index in [1.54, 1.807) is 24.9 Å². The summed E-state index contributed by atoms with van der Waals surface area (Å²) < 4.78 is 29.9. The van der Waals surface area contributed by atoms with Crippen LogP contribution in [-0.2, 0) is 13.5 Å². The van der Waals surface area contributed by atoms with Gasteiger partial charge in [0, 0.05) is 24.4 Å². The third kappa shape index (κ3) is 2.44. The van der Waals surface area contributed by atoms with Gasteiger partial charge in [-0.05, 0) is 25.0 Å². The van der Waals surface area contributed by atoms with Crippen LogP contribution >= 0.6 is 0 Å². The summed E-state index contributed by atoms with van der Waals surface area (Å²) in [5.41, 5.74) is 4.24. The molecule has 1 heterocycles. The quantitative estimate of drug-likeness (QED) is 0.666. The van der Waals surface area contributed by atoms with E-state index in [1.807, 2.05) is 6.92 Å². The van der Waals surface area contributed by atoms with E-state index in [0.29, 0.717) is 17.5 Å². The SMILES string of the molecule is CCc1nn(C)cc1C(NN)c1c(F)ccc(C)c1F. The second kappa shape index (κ2) is 5.68. The number of aryl methyl sites for hydroxylation is 3. The lowest BCUT2D eigenvalue weighted by atomic mass is 9.96. The first-order chi connectivity index (χ1) is 9.49. The summed E-state index contributed by atoms with van der Waals surface area (Å²) in [4.78, 5) is 0. The van der Waals surface area contributed by atoms with Gasteiger partial charge in [-0.1, -0.05) is 13.0 Å². The number of aromatic nitrogens is 2. The van der Waals surface area contributed by atoms with Crippen molar-refractivity contribution < 1.29 is 8.78 Å². The van der Waals surface area contributed by atoms with Gasteiger partial charge in [-0.15, -0.1) is 0 Å². The number of nitrogens with zero attached hydrogens (tertiary/aromatic N) is 2. The molecule has 0 radical (unpaired) electrons. The average molecular weight is 280 g/mol. The van der Waals surface area contributed by atoms with Crippen molar-refractivity contribution in [2.24, 2.45) is 12.9 Å². The first kappa shape index (κ1) is 14.6. The van der Waals surface area contributed by atoms with Crippen molar-refractivity contribution in [2.75, 3.05) is 0 Å². The van der Waals surface area contributed by atoms with Crippen LogP contribution in [0.1, 0.15) is 35.3 Å². The Bertz CT molecular complexity index is 622. The van der Waals surface area contributed by atoms with Crippen LogP contribution in [0.2, 0.25) is 0 Å². The molecule has 0 aliphatic heterocycles. The molecule has 2 rings (SSSR count). The molecular weight excluding hydrogens is 262 g/mol. The van der Waals surface area contributed by atoms with Crippen LogP contribution in [0, 0.1) is 18.6 Å². The first-order valence-electron chi connectivity index (χ1n) is 6.42. The van der Waals surface area contributed by atoms with Crippen molar-refractivity contribution in [3.63, 3.8) is 0 Å². The number of hydrazine groups is 1. The molecule has 1 aromatic carbocycles. The minimum Gasteiger partial charge on any atom is -0.275 e. The number of nitrogens with one attached hydrogen (secondary N) is 1. The van der Waals surface area contributed by atoms with E-state index in [4.69, 9.17) is 5.84 Å². The second-order valence-electron chi connectivity index (χ2n) is 4.75. The topological polar surface area (TPSA) is 55.9 Å². The molecule has 4 nitrogen and oxygen atoms in total. The van der Waals surface area contributed by atoms with E-state index in [-0.39, 0.29) is 5.56 Å². The summed E-state index contributed by atoms with van der Waals surface area (Å²) in [5.74, 6) is 4.33. The normalized spacial score (nSPS) is 12.7. The fraction of sp³-hybridized carbons (Fsp3) is 0.357. The summed E-state index contributed by atoms with van der Waals surface area (Å²) in [6.07, 6.45) is 2.38. The highest BCUT2D eigenvalue weighted by Gasteiger charge is 2.25. The van der Waals surface area contributed by atoms with Gasteiger partial charge in [0.1, 0.15) is 11.6 Å². The van der Waals surface area contributed by atoms with E-state index >= 15 is 0 Å². The van der Waals surface area contributed by atoms with Crippen molar-refractivity contribution in [2.45, 2.75) is 26.3 Å². The van der Waals surface area contributed by atoms with Crippen LogP contribution in [0.15, 0.2) is 18.3 Å². The number of hydrogen-bond donors (Lipinski definition) is 2. The molecule has 3 N–H and O–H groups in total. The Hall–Kier alpha value is -1.79. The Morgan fingerprint density at radius 1 is 1.40 bits per heavy atom. The Morgan fingerprint density at radius 3 is 2.70 bits per heavy atom. The van der Waals surface area contributed by atoms with Crippen LogP contribution in [-0.4, -0.2) is 9.78 Å². The Kier molecular flexibility index (Phi) is 4.15. The van der Waals surface area contributed by atoms with E-state index in [0.717, 1.165) is 5.69 Å². The molecule has 0 aliphatic carbocycles. The van der Waals surface area contributed by atoms with E-state index in [1.165, 1.54) is 12.1 Å². The molecule has 20 heavy (non-hydrogen) atoms. The summed E-state index contributed by atoms with van der Waals surface area (Å²) in [6, 6.07) is 1.89. The van der Waals surface area contributed by atoms with Crippen LogP contribution in [0.3, 0.4) is 0 Å². The maximum Gasteiger partial charge on any atom is 0.134 e. The molecular formula is C14H18F2N4. The van der Waals surface area contributed by atoms with Gasteiger partial charge in [0.25, 0.3) is 0 Å². The maximum atomic E-state index is 14.3. The Balaban J connectivity index is 2.61. The van der Waals surface area contributed by atoms with Gasteiger partial charge in [-0.3, -0.25) is 10.5 Å². The zero-order chi connectivity index (χ0) is 14.9. The first-order valence-corrected chi connectivity index (χ1v) is 6.42. The van der Waals surface area contributed by atoms with Crippen LogP contribution in [0.25, 0.3) is 0 Å². The smallest absolute Gasteiger partial charge is 0.134 e. The molecule has 1 aromatic heterocycles. The highest BCUT2D eigenvalue weighted by atomic mass is 19.1. The van der Waals surface area contributed by atoms with Gasteiger partial charge >= 0.3 is 0 Å². The molecule has 1 atom stereocenters. The minimum atomic E-state index is -0.765. The standard InChI is InChI=1S/C14H18F2N4/c1-4-11-9(7-20(3)19-11)14(18-17)12-10(15)6-5-8(2)13(12)16/h5-7,14,18H,4,17H2,1-3H3. The number of halogens is 2. The fourth-order valence-electron chi connectivity index (χ4n) is 2.34. The molecule has 0 spiro atoms. The van der Waals surface area contributed by atoms with E-state index in [9.17, 15) is 8.78 Å². The number of nitrogens with two attached hydrogens (primary N) is 1. The van der Waals surface area contributed by atoms with Crippen LogP contribution < -0.4 is 11.3 Å². The maximum absolute atomic E-state index is 14.3. The molecule has 1 unspecified atom stereocenters. The molecule has 0 fully saturated rings. The highest BCUT2D eigenvalue weighted by Crippen LogP contribution is 2.29. The minimum absolute atomic E-state index is 0.0739. The van der Waals surface area contributed by atoms with Crippen molar-refractivity contribution >= 4 is 0 Å². The summed E-state index contributed by atoms with van der Waals surface area (Å²) in [6.45, 7) is 3.53. The van der Waals surface area contributed by atoms with Crippen molar-refractivity contribution in [3.8, 4) is 0 Å². The van der Waals surface area contributed by atoms with Gasteiger partial charge in [-0.2, -0.15) is 5.10 Å². The lowest BCUT2D eigenvalue weighted by molar-refractivity contribution is 0.505. The van der Waals surface area contributed by atoms with Crippen molar-refractivity contribution in [1.82, 2.24) is 15.2 Å². The number of hydrogen-bond acceptors (Lipinski definition) is 3. The summed E-state index contributed by atoms with van der Waals surface area (Å²) >= 11 is 0. The Labute approximate surface area is 116 Å². The van der Waals surface area contributed by atoms with Gasteiger partial charge < -0.3 is 0 Å². The lowest BCUT2D eigenvalue weighted by Crippen LogP contribution is -2.31. The second-order valence-corrected chi connectivity index (χ2v) is 4.75. The zero-order valence-corrected chi connectivity index (χ0v) is 11.7. The molecule has 0 amide bonds. The molecule has 0 bridgehead atoms. The predicted octanol–water partition coefficient (Wildman–Crippen LogP) is 2.12. The van der Waals surface area contributed by atoms with Crippen molar-refractivity contribution in [3.05, 3.63) is 52.3 Å². The van der Waals surface area contributed by atoms with E-state index < -0.39 is 17.7 Å². The van der Waals surface area contributed by atoms with E-state index in [2.05, 4.69) is 10.5 Å². The monoisotopic (exact) mass is 280 g/mol. The predicted molar refractivity (Wildman–Crippen MR) is 72.8 cm³/mol. The molecule has 108 valence electrons. The zero-order valence-electron chi connectivity index (χ0n) is 11.7. The largest absolute Gasteiger partial charge is 0.275 e. The van der Waals surface area contributed by atoms with Crippen LogP contribution in [0.5, 0.6) is 0 Å². The van der Waals surface area contributed by atoms with Crippen molar-refractivity contribution in [1.29, 1.82) is 0 Å². The lowest BCUT2D eigenvalue weighted by Gasteiger charge is -2.18. The number of benzene rings is 1. The average Bonchev–Trinajstić information content (AvgIpc) is 2.80. The van der Waals surface area contributed by atoms with Gasteiger partial charge in [0.2, 0.25) is 0 Å². The Morgan fingerprint density at radius 2 is 2.10 bits per heavy atom. The van der Waals surface area contributed by atoms with Gasteiger partial charge in [0.15, 0.2) is 0 Å². The molecule has 0 saturated heterocycles. The van der Waals surface area contributed by atoms with Gasteiger partial charge in [0.05, 0.1) is 11.7 Å². The fourth-order valence-corrected chi connectivity index (χ4v) is 2.34. The molecule has 6 heteroatoms. The molecule has 2 aromatic rings. The molecule has 0 aliphatic rings. The highest BCUT2D eigenvalue weighted by molar-refractivity contribution is 5.37. The third-order valence-corrected chi connectivity index (χ3v) is 3.36. The van der Waals surface area contributed by atoms with Gasteiger partial charge in [-0.25, -0.2) is 14.2 Å². The molecule has 0 saturated carbocycles. The number of rotatable bonds is 4. The third-order valence-electron chi connectivity index (χ3n) is 3.36.